The van der Waals surface area contributed by atoms with Crippen LogP contribution < -0.4 is 10.6 Å². The molecule has 2 aromatic rings. The van der Waals surface area contributed by atoms with Crippen molar-refractivity contribution in [1.82, 2.24) is 5.32 Å². The molecule has 1 saturated heterocycles. The highest BCUT2D eigenvalue weighted by Gasteiger charge is 2.13. The van der Waals surface area contributed by atoms with Crippen molar-refractivity contribution in [2.45, 2.75) is 25.9 Å². The van der Waals surface area contributed by atoms with Gasteiger partial charge >= 0.3 is 6.09 Å². The van der Waals surface area contributed by atoms with Gasteiger partial charge in [0.1, 0.15) is 6.61 Å². The maximum atomic E-state index is 11.9. The van der Waals surface area contributed by atoms with Crippen molar-refractivity contribution in [1.29, 1.82) is 0 Å². The Kier molecular flexibility index (Phi) is 8.23. The summed E-state index contributed by atoms with van der Waals surface area (Å²) >= 11 is 5.83. The van der Waals surface area contributed by atoms with Gasteiger partial charge < -0.3 is 10.1 Å². The van der Waals surface area contributed by atoms with Gasteiger partial charge in [0.2, 0.25) is 0 Å². The summed E-state index contributed by atoms with van der Waals surface area (Å²) in [5, 5.41) is 6.81. The van der Waals surface area contributed by atoms with E-state index in [2.05, 4.69) is 22.8 Å². The molecular weight excluding hydrogens is 371 g/mol. The van der Waals surface area contributed by atoms with Crippen molar-refractivity contribution in [3.05, 3.63) is 64.7 Å². The fourth-order valence-electron chi connectivity index (χ4n) is 3.03. The number of rotatable bonds is 5. The predicted octanol–water partition coefficient (Wildman–Crippen LogP) is 5.05. The molecule has 0 unspecified atom stereocenters. The largest absolute Gasteiger partial charge is 0.444 e. The van der Waals surface area contributed by atoms with E-state index >= 15 is 0 Å². The van der Waals surface area contributed by atoms with Crippen molar-refractivity contribution in [2.24, 2.45) is 5.92 Å². The van der Waals surface area contributed by atoms with Crippen molar-refractivity contribution < 1.29 is 9.53 Å². The molecule has 6 heteroatoms. The fourth-order valence-corrected chi connectivity index (χ4v) is 3.15. The third-order valence-electron chi connectivity index (χ3n) is 4.47. The highest BCUT2D eigenvalue weighted by Crippen LogP contribution is 2.19. The van der Waals surface area contributed by atoms with Gasteiger partial charge in [-0.1, -0.05) is 35.9 Å². The number of ether oxygens (including phenoxy) is 1. The van der Waals surface area contributed by atoms with Crippen LogP contribution in [0.4, 0.5) is 10.5 Å². The van der Waals surface area contributed by atoms with Crippen LogP contribution in [0, 0.1) is 5.92 Å². The third kappa shape index (κ3) is 6.52. The Morgan fingerprint density at radius 3 is 2.31 bits per heavy atom. The van der Waals surface area contributed by atoms with E-state index in [1.165, 1.54) is 18.4 Å². The average Bonchev–Trinajstić information content (AvgIpc) is 2.64. The molecule has 1 heterocycles. The minimum Gasteiger partial charge on any atom is -0.444 e. The molecule has 2 aromatic carbocycles. The van der Waals surface area contributed by atoms with E-state index in [0.717, 1.165) is 36.7 Å². The van der Waals surface area contributed by atoms with Crippen LogP contribution in [-0.4, -0.2) is 19.2 Å². The predicted molar refractivity (Wildman–Crippen MR) is 108 cm³/mol. The number of carbonyl (C=O) groups excluding carboxylic acids is 1. The van der Waals surface area contributed by atoms with Crippen LogP contribution in [0.15, 0.2) is 48.5 Å². The lowest BCUT2D eigenvalue weighted by molar-refractivity contribution is 0.155. The minimum absolute atomic E-state index is 0. The zero-order valence-corrected chi connectivity index (χ0v) is 16.1. The van der Waals surface area contributed by atoms with Crippen molar-refractivity contribution in [3.63, 3.8) is 0 Å². The van der Waals surface area contributed by atoms with Gasteiger partial charge in [-0.2, -0.15) is 0 Å². The van der Waals surface area contributed by atoms with Crippen LogP contribution in [0.25, 0.3) is 0 Å². The lowest BCUT2D eigenvalue weighted by Crippen LogP contribution is -2.28. The summed E-state index contributed by atoms with van der Waals surface area (Å²) in [6, 6.07) is 15.3. The van der Waals surface area contributed by atoms with E-state index in [-0.39, 0.29) is 19.0 Å². The molecule has 0 aromatic heterocycles. The van der Waals surface area contributed by atoms with Crippen LogP contribution in [0.2, 0.25) is 5.02 Å². The molecular formula is C20H24Cl2N2O2. The quantitative estimate of drug-likeness (QED) is 0.745. The zero-order valence-electron chi connectivity index (χ0n) is 14.5. The standard InChI is InChI=1S/C20H23ClN2O2.ClH/c21-18-5-1-17(2-6-18)14-25-20(24)23-19-7-3-15(4-8-19)13-16-9-11-22-12-10-16;/h1-8,16,22H,9-14H2,(H,23,24);1H. The number of benzene rings is 2. The minimum atomic E-state index is -0.457. The van der Waals surface area contributed by atoms with Crippen molar-refractivity contribution >= 4 is 35.8 Å². The van der Waals surface area contributed by atoms with Gasteiger partial charge in [0.05, 0.1) is 0 Å². The first kappa shape index (κ1) is 20.6. The number of amides is 1. The first-order valence-electron chi connectivity index (χ1n) is 8.67. The van der Waals surface area contributed by atoms with Crippen LogP contribution in [-0.2, 0) is 17.8 Å². The summed E-state index contributed by atoms with van der Waals surface area (Å²) in [7, 11) is 0. The molecule has 1 amide bonds. The number of halogens is 2. The van der Waals surface area contributed by atoms with Crippen LogP contribution in [0.1, 0.15) is 24.0 Å². The maximum Gasteiger partial charge on any atom is 0.411 e. The molecule has 0 saturated carbocycles. The van der Waals surface area contributed by atoms with Gasteiger partial charge in [-0.3, -0.25) is 5.32 Å². The molecule has 4 nitrogen and oxygen atoms in total. The first-order chi connectivity index (χ1) is 12.2. The van der Waals surface area contributed by atoms with Gasteiger partial charge in [0.15, 0.2) is 0 Å². The van der Waals surface area contributed by atoms with Gasteiger partial charge in [-0.05, 0) is 73.7 Å². The second-order valence-electron chi connectivity index (χ2n) is 6.42. The van der Waals surface area contributed by atoms with E-state index in [1.54, 1.807) is 12.1 Å². The van der Waals surface area contributed by atoms with Crippen molar-refractivity contribution in [2.75, 3.05) is 18.4 Å². The smallest absolute Gasteiger partial charge is 0.411 e. The Balaban J connectivity index is 0.00000243. The summed E-state index contributed by atoms with van der Waals surface area (Å²) in [6.07, 6.45) is 3.11. The molecule has 0 atom stereocenters. The van der Waals surface area contributed by atoms with Crippen LogP contribution >= 0.6 is 24.0 Å². The molecule has 3 rings (SSSR count). The van der Waals surface area contributed by atoms with Crippen LogP contribution in [0.5, 0.6) is 0 Å². The Hall–Kier alpha value is -1.75. The molecule has 1 fully saturated rings. The third-order valence-corrected chi connectivity index (χ3v) is 4.72. The summed E-state index contributed by atoms with van der Waals surface area (Å²) in [5.74, 6) is 0.754. The van der Waals surface area contributed by atoms with Gasteiger partial charge in [0, 0.05) is 10.7 Å². The maximum absolute atomic E-state index is 11.9. The molecule has 26 heavy (non-hydrogen) atoms. The highest BCUT2D eigenvalue weighted by molar-refractivity contribution is 6.30. The molecule has 1 aliphatic rings. The Morgan fingerprint density at radius 2 is 1.65 bits per heavy atom. The second kappa shape index (κ2) is 10.4. The fraction of sp³-hybridized carbons (Fsp3) is 0.350. The Labute approximate surface area is 165 Å². The summed E-state index contributed by atoms with van der Waals surface area (Å²) in [6.45, 7) is 2.45. The topological polar surface area (TPSA) is 50.4 Å². The van der Waals surface area contributed by atoms with E-state index in [0.29, 0.717) is 5.02 Å². The number of piperidine rings is 1. The Bertz CT molecular complexity index is 684. The van der Waals surface area contributed by atoms with Crippen molar-refractivity contribution in [3.8, 4) is 0 Å². The van der Waals surface area contributed by atoms with E-state index in [4.69, 9.17) is 16.3 Å². The monoisotopic (exact) mass is 394 g/mol. The molecule has 1 aliphatic heterocycles. The summed E-state index contributed by atoms with van der Waals surface area (Å²) in [5.41, 5.74) is 2.96. The molecule has 0 spiro atoms. The lowest BCUT2D eigenvalue weighted by Gasteiger charge is -2.22. The average molecular weight is 395 g/mol. The summed E-state index contributed by atoms with van der Waals surface area (Å²) in [4.78, 5) is 11.9. The zero-order chi connectivity index (χ0) is 17.5. The lowest BCUT2D eigenvalue weighted by atomic mass is 9.91. The number of nitrogens with one attached hydrogen (secondary N) is 2. The summed E-state index contributed by atoms with van der Waals surface area (Å²) < 4.78 is 5.22. The highest BCUT2D eigenvalue weighted by atomic mass is 35.5. The van der Waals surface area contributed by atoms with Gasteiger partial charge in [-0.25, -0.2) is 4.79 Å². The second-order valence-corrected chi connectivity index (χ2v) is 6.86. The molecule has 0 radical (unpaired) electrons. The van der Waals surface area contributed by atoms with E-state index < -0.39 is 6.09 Å². The Morgan fingerprint density at radius 1 is 1.04 bits per heavy atom. The first-order valence-corrected chi connectivity index (χ1v) is 9.05. The molecule has 140 valence electrons. The number of hydrogen-bond donors (Lipinski definition) is 2. The van der Waals surface area contributed by atoms with E-state index in [1.807, 2.05) is 24.3 Å². The van der Waals surface area contributed by atoms with Gasteiger partial charge in [-0.15, -0.1) is 12.4 Å². The number of hydrogen-bond acceptors (Lipinski definition) is 3. The van der Waals surface area contributed by atoms with Gasteiger partial charge in [0.25, 0.3) is 0 Å². The van der Waals surface area contributed by atoms with Crippen LogP contribution in [0.3, 0.4) is 0 Å². The molecule has 2 N–H and O–H groups in total. The SMILES string of the molecule is Cl.O=C(Nc1ccc(CC2CCNCC2)cc1)OCc1ccc(Cl)cc1. The molecule has 0 bridgehead atoms. The number of carbonyl (C=O) groups is 1. The van der Waals surface area contributed by atoms with E-state index in [9.17, 15) is 4.79 Å². The number of anilines is 1. The molecule has 0 aliphatic carbocycles. The normalized spacial score (nSPS) is 14.3.